The molecule has 0 atom stereocenters. The number of nitriles is 2. The molecule has 2 heterocycles. The first-order valence-corrected chi connectivity index (χ1v) is 9.84. The Balaban J connectivity index is 2.13. The number of rotatable bonds is 5. The highest BCUT2D eigenvalue weighted by Gasteiger charge is 2.13. The van der Waals surface area contributed by atoms with Crippen LogP contribution < -0.4 is 22.0 Å². The smallest absolute Gasteiger partial charge is 0.287 e. The molecule has 2 aromatic heterocycles. The number of aromatic nitrogens is 2. The molecule has 3 rings (SSSR count). The molecule has 0 bridgehead atoms. The molecular weight excluding hydrogens is 404 g/mol. The Morgan fingerprint density at radius 2 is 1.34 bits per heavy atom. The first-order chi connectivity index (χ1) is 15.3. The molecule has 0 amide bonds. The van der Waals surface area contributed by atoms with Crippen LogP contribution in [0.4, 0.5) is 0 Å². The SMILES string of the molecule is Cc1cc(C)n(N/C=C(\Nn2c(C)cc(C)c(C#N)c2=O)c2ccccc2)c(=O)c1C#N. The van der Waals surface area contributed by atoms with Crippen LogP contribution in [0.5, 0.6) is 0 Å². The van der Waals surface area contributed by atoms with Gasteiger partial charge >= 0.3 is 0 Å². The number of nitrogens with zero attached hydrogens (tertiary/aromatic N) is 4. The first-order valence-electron chi connectivity index (χ1n) is 9.84. The van der Waals surface area contributed by atoms with Gasteiger partial charge in [0.05, 0.1) is 5.70 Å². The van der Waals surface area contributed by atoms with Crippen molar-refractivity contribution in [2.24, 2.45) is 0 Å². The van der Waals surface area contributed by atoms with Crippen molar-refractivity contribution in [1.82, 2.24) is 9.35 Å². The van der Waals surface area contributed by atoms with Crippen LogP contribution >= 0.6 is 0 Å². The van der Waals surface area contributed by atoms with Crippen molar-refractivity contribution in [3.05, 3.63) is 109 Å². The van der Waals surface area contributed by atoms with Gasteiger partial charge in [-0.3, -0.25) is 20.4 Å². The van der Waals surface area contributed by atoms with Crippen molar-refractivity contribution in [2.75, 3.05) is 10.9 Å². The molecule has 0 aliphatic rings. The van der Waals surface area contributed by atoms with E-state index in [9.17, 15) is 20.1 Å². The molecule has 8 nitrogen and oxygen atoms in total. The van der Waals surface area contributed by atoms with Crippen molar-refractivity contribution in [3.63, 3.8) is 0 Å². The van der Waals surface area contributed by atoms with Gasteiger partial charge in [-0.2, -0.15) is 10.5 Å². The second-order valence-corrected chi connectivity index (χ2v) is 7.36. The van der Waals surface area contributed by atoms with Crippen LogP contribution in [0.25, 0.3) is 5.70 Å². The average molecular weight is 426 g/mol. The minimum Gasteiger partial charge on any atom is -0.297 e. The zero-order valence-corrected chi connectivity index (χ0v) is 18.2. The van der Waals surface area contributed by atoms with Crippen LogP contribution in [-0.4, -0.2) is 9.35 Å². The van der Waals surface area contributed by atoms with Gasteiger partial charge in [0.25, 0.3) is 11.1 Å². The third-order valence-corrected chi connectivity index (χ3v) is 5.06. The molecule has 0 radical (unpaired) electrons. The van der Waals surface area contributed by atoms with Gasteiger partial charge in [0.1, 0.15) is 23.3 Å². The van der Waals surface area contributed by atoms with Gasteiger partial charge in [-0.15, -0.1) is 0 Å². The highest BCUT2D eigenvalue weighted by Crippen LogP contribution is 2.13. The summed E-state index contributed by atoms with van der Waals surface area (Å²) in [6, 6.07) is 16.6. The zero-order chi connectivity index (χ0) is 23.4. The number of aryl methyl sites for hydroxylation is 4. The van der Waals surface area contributed by atoms with Gasteiger partial charge < -0.3 is 0 Å². The number of nitrogens with one attached hydrogen (secondary N) is 2. The Labute approximate surface area is 185 Å². The second-order valence-electron chi connectivity index (χ2n) is 7.36. The van der Waals surface area contributed by atoms with E-state index in [0.29, 0.717) is 28.2 Å². The van der Waals surface area contributed by atoms with E-state index < -0.39 is 11.1 Å². The van der Waals surface area contributed by atoms with Gasteiger partial charge in [0.15, 0.2) is 0 Å². The summed E-state index contributed by atoms with van der Waals surface area (Å²) in [6.07, 6.45) is 1.54. The van der Waals surface area contributed by atoms with E-state index in [1.807, 2.05) is 42.5 Å². The van der Waals surface area contributed by atoms with E-state index in [2.05, 4.69) is 10.9 Å². The molecule has 2 N–H and O–H groups in total. The molecule has 1 aromatic carbocycles. The highest BCUT2D eigenvalue weighted by atomic mass is 16.1. The minimum atomic E-state index is -0.470. The fraction of sp³-hybridized carbons (Fsp3) is 0.167. The summed E-state index contributed by atoms with van der Waals surface area (Å²) in [4.78, 5) is 25.6. The van der Waals surface area contributed by atoms with E-state index >= 15 is 0 Å². The predicted molar refractivity (Wildman–Crippen MR) is 123 cm³/mol. The van der Waals surface area contributed by atoms with Crippen LogP contribution in [-0.2, 0) is 0 Å². The van der Waals surface area contributed by atoms with E-state index in [0.717, 1.165) is 5.56 Å². The fourth-order valence-corrected chi connectivity index (χ4v) is 3.40. The Bertz CT molecular complexity index is 1420. The summed E-state index contributed by atoms with van der Waals surface area (Å²) in [5.74, 6) is 0. The number of hydrogen-bond donors (Lipinski definition) is 2. The largest absolute Gasteiger partial charge is 0.297 e. The van der Waals surface area contributed by atoms with Crippen molar-refractivity contribution in [3.8, 4) is 12.1 Å². The van der Waals surface area contributed by atoms with Crippen LogP contribution in [0.15, 0.2) is 58.3 Å². The summed E-state index contributed by atoms with van der Waals surface area (Å²) < 4.78 is 2.55. The van der Waals surface area contributed by atoms with E-state index in [4.69, 9.17) is 0 Å². The molecule has 0 spiro atoms. The molecule has 0 saturated heterocycles. The Morgan fingerprint density at radius 1 is 0.844 bits per heavy atom. The Hall–Kier alpha value is -4.56. The number of hydrogen-bond acceptors (Lipinski definition) is 6. The topological polar surface area (TPSA) is 116 Å². The van der Waals surface area contributed by atoms with Gasteiger partial charge in [-0.25, -0.2) is 9.35 Å². The lowest BCUT2D eigenvalue weighted by Gasteiger charge is -2.18. The zero-order valence-electron chi connectivity index (χ0n) is 18.2. The normalized spacial score (nSPS) is 10.9. The molecule has 32 heavy (non-hydrogen) atoms. The summed E-state index contributed by atoms with van der Waals surface area (Å²) in [7, 11) is 0. The Morgan fingerprint density at radius 3 is 1.88 bits per heavy atom. The lowest BCUT2D eigenvalue weighted by atomic mass is 10.1. The highest BCUT2D eigenvalue weighted by molar-refractivity contribution is 5.70. The molecular formula is C24H22N6O2. The lowest BCUT2D eigenvalue weighted by molar-refractivity contribution is 0.830. The van der Waals surface area contributed by atoms with E-state index in [1.165, 1.54) is 15.6 Å². The standard InChI is InChI=1S/C24H22N6O2/c1-15-10-17(3)29(23(31)20(15)12-25)27-14-22(19-8-6-5-7-9-19)28-30-18(4)11-16(2)21(13-26)24(30)32/h5-11,14,27-28H,1-4H3/b22-14-. The van der Waals surface area contributed by atoms with Gasteiger partial charge in [0.2, 0.25) is 0 Å². The van der Waals surface area contributed by atoms with Crippen molar-refractivity contribution < 1.29 is 0 Å². The first kappa shape index (κ1) is 22.1. The maximum absolute atomic E-state index is 12.9. The predicted octanol–water partition coefficient (Wildman–Crippen LogP) is 2.77. The average Bonchev–Trinajstić information content (AvgIpc) is 2.75. The number of benzene rings is 1. The Kier molecular flexibility index (Phi) is 6.27. The monoisotopic (exact) mass is 426 g/mol. The van der Waals surface area contributed by atoms with E-state index in [-0.39, 0.29) is 11.1 Å². The molecule has 0 aliphatic heterocycles. The van der Waals surface area contributed by atoms with Crippen LogP contribution in [0.1, 0.15) is 39.2 Å². The summed E-state index contributed by atoms with van der Waals surface area (Å²) >= 11 is 0. The third-order valence-electron chi connectivity index (χ3n) is 5.06. The quantitative estimate of drug-likeness (QED) is 0.648. The minimum absolute atomic E-state index is 0.0488. The molecule has 0 unspecified atom stereocenters. The molecule has 160 valence electrons. The van der Waals surface area contributed by atoms with Gasteiger partial charge in [-0.1, -0.05) is 30.3 Å². The molecule has 0 saturated carbocycles. The maximum Gasteiger partial charge on any atom is 0.287 e. The van der Waals surface area contributed by atoms with Gasteiger partial charge in [0, 0.05) is 23.2 Å². The third kappa shape index (κ3) is 4.16. The summed E-state index contributed by atoms with van der Waals surface area (Å²) in [5, 5.41) is 18.7. The van der Waals surface area contributed by atoms with Crippen molar-refractivity contribution >= 4 is 5.70 Å². The van der Waals surface area contributed by atoms with Crippen molar-refractivity contribution in [1.29, 1.82) is 10.5 Å². The molecule has 8 heteroatoms. The fourth-order valence-electron chi connectivity index (χ4n) is 3.40. The van der Waals surface area contributed by atoms with Crippen LogP contribution in [0.2, 0.25) is 0 Å². The molecule has 0 fully saturated rings. The maximum atomic E-state index is 12.9. The molecule has 3 aromatic rings. The molecule has 0 aliphatic carbocycles. The second kappa shape index (κ2) is 9.07. The number of pyridine rings is 2. The summed E-state index contributed by atoms with van der Waals surface area (Å²) in [6.45, 7) is 6.93. The van der Waals surface area contributed by atoms with Crippen molar-refractivity contribution in [2.45, 2.75) is 27.7 Å². The van der Waals surface area contributed by atoms with Crippen LogP contribution in [0, 0.1) is 50.4 Å². The van der Waals surface area contributed by atoms with E-state index in [1.54, 1.807) is 39.8 Å². The van der Waals surface area contributed by atoms with Crippen LogP contribution in [0.3, 0.4) is 0 Å². The lowest BCUT2D eigenvalue weighted by Crippen LogP contribution is -2.34. The summed E-state index contributed by atoms with van der Waals surface area (Å²) in [5.41, 5.74) is 8.80. The van der Waals surface area contributed by atoms with Gasteiger partial charge in [-0.05, 0) is 51.0 Å².